The lowest BCUT2D eigenvalue weighted by atomic mass is 10.0. The molecule has 0 bridgehead atoms. The maximum absolute atomic E-state index is 11.6. The number of carbonyl (C=O) groups excluding carboxylic acids is 1. The van der Waals surface area contributed by atoms with E-state index in [-0.39, 0.29) is 11.7 Å². The van der Waals surface area contributed by atoms with Gasteiger partial charge in [-0.3, -0.25) is 4.79 Å². The maximum Gasteiger partial charge on any atom is 0.220 e. The van der Waals surface area contributed by atoms with Crippen LogP contribution in [-0.2, 0) is 11.2 Å². The number of aromatic hydroxyl groups is 1. The van der Waals surface area contributed by atoms with Gasteiger partial charge in [0.25, 0.3) is 0 Å². The Morgan fingerprint density at radius 1 is 1.32 bits per heavy atom. The molecule has 0 atom stereocenters. The van der Waals surface area contributed by atoms with Gasteiger partial charge in [0.05, 0.1) is 0 Å². The molecule has 0 heterocycles. The fourth-order valence-electron chi connectivity index (χ4n) is 2.07. The predicted octanol–water partition coefficient (Wildman–Crippen LogP) is 2.78. The van der Waals surface area contributed by atoms with Gasteiger partial charge in [-0.15, -0.1) is 6.58 Å². The van der Waals surface area contributed by atoms with Crippen molar-refractivity contribution in [3.05, 3.63) is 54.6 Å². The van der Waals surface area contributed by atoms with Crippen LogP contribution in [0.15, 0.2) is 49.1 Å². The van der Waals surface area contributed by atoms with Crippen LogP contribution in [0.4, 0.5) is 0 Å². The van der Waals surface area contributed by atoms with Crippen LogP contribution in [0.5, 0.6) is 5.75 Å². The summed E-state index contributed by atoms with van der Waals surface area (Å²) < 4.78 is 0. The number of nitrogens with one attached hydrogen (secondary N) is 1. The highest BCUT2D eigenvalue weighted by Crippen LogP contribution is 2.24. The van der Waals surface area contributed by atoms with E-state index in [4.69, 9.17) is 0 Å². The highest BCUT2D eigenvalue weighted by Gasteiger charge is 2.05. The lowest BCUT2D eigenvalue weighted by molar-refractivity contribution is -0.120. The van der Waals surface area contributed by atoms with Crippen molar-refractivity contribution < 1.29 is 9.90 Å². The number of hydrogen-bond donors (Lipinski definition) is 2. The zero-order valence-corrected chi connectivity index (χ0v) is 10.7. The first-order chi connectivity index (χ1) is 9.20. The number of phenolic OH excluding ortho intramolecular Hbond substituents is 1. The summed E-state index contributed by atoms with van der Waals surface area (Å²) in [6.07, 6.45) is 2.75. The standard InChI is InChI=1S/C16H17NO2/c1-2-10-17-16(19)9-7-13-5-3-4-12-6-8-14(18)11-15(12)13/h2-6,8,11,18H,1,7,9-10H2,(H,17,19). The second kappa shape index (κ2) is 6.05. The van der Waals surface area contributed by atoms with Crippen LogP contribution in [0.3, 0.4) is 0 Å². The number of phenols is 1. The molecule has 0 radical (unpaired) electrons. The molecular formula is C16H17NO2. The van der Waals surface area contributed by atoms with Crippen LogP contribution < -0.4 is 5.32 Å². The van der Waals surface area contributed by atoms with E-state index in [0.717, 1.165) is 16.3 Å². The minimum Gasteiger partial charge on any atom is -0.508 e. The van der Waals surface area contributed by atoms with Crippen LogP contribution >= 0.6 is 0 Å². The van der Waals surface area contributed by atoms with Crippen molar-refractivity contribution in [3.8, 4) is 5.75 Å². The van der Waals surface area contributed by atoms with Crippen molar-refractivity contribution in [1.29, 1.82) is 0 Å². The molecule has 2 aromatic rings. The molecule has 2 aromatic carbocycles. The molecule has 0 spiro atoms. The highest BCUT2D eigenvalue weighted by molar-refractivity contribution is 5.87. The van der Waals surface area contributed by atoms with Gasteiger partial charge in [-0.25, -0.2) is 0 Å². The third-order valence-electron chi connectivity index (χ3n) is 3.02. The van der Waals surface area contributed by atoms with Crippen molar-refractivity contribution in [3.63, 3.8) is 0 Å². The van der Waals surface area contributed by atoms with Gasteiger partial charge in [-0.05, 0) is 34.9 Å². The molecule has 1 amide bonds. The first-order valence-electron chi connectivity index (χ1n) is 6.29. The van der Waals surface area contributed by atoms with Crippen molar-refractivity contribution in [2.24, 2.45) is 0 Å². The smallest absolute Gasteiger partial charge is 0.220 e. The van der Waals surface area contributed by atoms with Crippen LogP contribution in [0, 0.1) is 0 Å². The number of hydrogen-bond acceptors (Lipinski definition) is 2. The topological polar surface area (TPSA) is 49.3 Å². The van der Waals surface area contributed by atoms with Crippen molar-refractivity contribution >= 4 is 16.7 Å². The van der Waals surface area contributed by atoms with Gasteiger partial charge < -0.3 is 10.4 Å². The molecule has 0 saturated carbocycles. The normalized spacial score (nSPS) is 10.3. The summed E-state index contributed by atoms with van der Waals surface area (Å²) in [4.78, 5) is 11.6. The second-order valence-corrected chi connectivity index (χ2v) is 4.42. The summed E-state index contributed by atoms with van der Waals surface area (Å²) >= 11 is 0. The quantitative estimate of drug-likeness (QED) is 0.807. The molecule has 98 valence electrons. The molecule has 3 heteroatoms. The minimum atomic E-state index is 0.0112. The Kier molecular flexibility index (Phi) is 4.18. The molecule has 0 aromatic heterocycles. The van der Waals surface area contributed by atoms with Crippen LogP contribution in [0.2, 0.25) is 0 Å². The average molecular weight is 255 g/mol. The van der Waals surface area contributed by atoms with E-state index >= 15 is 0 Å². The van der Waals surface area contributed by atoms with E-state index in [0.29, 0.717) is 19.4 Å². The van der Waals surface area contributed by atoms with Crippen LogP contribution in [0.25, 0.3) is 10.8 Å². The third-order valence-corrected chi connectivity index (χ3v) is 3.02. The average Bonchev–Trinajstić information content (AvgIpc) is 2.42. The van der Waals surface area contributed by atoms with E-state index in [1.807, 2.05) is 24.3 Å². The number of aryl methyl sites for hydroxylation is 1. The van der Waals surface area contributed by atoms with Gasteiger partial charge in [-0.1, -0.05) is 30.3 Å². The molecule has 0 unspecified atom stereocenters. The van der Waals surface area contributed by atoms with Gasteiger partial charge in [0, 0.05) is 13.0 Å². The minimum absolute atomic E-state index is 0.0112. The molecule has 19 heavy (non-hydrogen) atoms. The second-order valence-electron chi connectivity index (χ2n) is 4.42. The zero-order chi connectivity index (χ0) is 13.7. The predicted molar refractivity (Wildman–Crippen MR) is 77.1 cm³/mol. The van der Waals surface area contributed by atoms with E-state index in [1.54, 1.807) is 18.2 Å². The summed E-state index contributed by atoms with van der Waals surface area (Å²) in [5.74, 6) is 0.258. The molecule has 0 saturated heterocycles. The summed E-state index contributed by atoms with van der Waals surface area (Å²) in [5, 5.41) is 14.4. The Morgan fingerprint density at radius 3 is 2.95 bits per heavy atom. The van der Waals surface area contributed by atoms with Gasteiger partial charge in [0.15, 0.2) is 0 Å². The number of fused-ring (bicyclic) bond motifs is 1. The van der Waals surface area contributed by atoms with E-state index in [9.17, 15) is 9.90 Å². The first kappa shape index (κ1) is 13.1. The fraction of sp³-hybridized carbons (Fsp3) is 0.188. The first-order valence-corrected chi connectivity index (χ1v) is 6.29. The molecule has 0 fully saturated rings. The molecule has 0 aliphatic carbocycles. The van der Waals surface area contributed by atoms with Crippen molar-refractivity contribution in [2.75, 3.05) is 6.54 Å². The zero-order valence-electron chi connectivity index (χ0n) is 10.7. The Morgan fingerprint density at radius 2 is 2.16 bits per heavy atom. The molecule has 3 nitrogen and oxygen atoms in total. The summed E-state index contributed by atoms with van der Waals surface area (Å²) in [6, 6.07) is 11.2. The van der Waals surface area contributed by atoms with Gasteiger partial charge >= 0.3 is 0 Å². The maximum atomic E-state index is 11.6. The molecule has 0 aliphatic rings. The molecule has 2 N–H and O–H groups in total. The monoisotopic (exact) mass is 255 g/mol. The number of carbonyl (C=O) groups is 1. The van der Waals surface area contributed by atoms with Crippen molar-refractivity contribution in [1.82, 2.24) is 5.32 Å². The van der Waals surface area contributed by atoms with E-state index in [2.05, 4.69) is 11.9 Å². The summed E-state index contributed by atoms with van der Waals surface area (Å²) in [6.45, 7) is 4.05. The Labute approximate surface area is 112 Å². The Hall–Kier alpha value is -2.29. The number of benzene rings is 2. The summed E-state index contributed by atoms with van der Waals surface area (Å²) in [7, 11) is 0. The van der Waals surface area contributed by atoms with Gasteiger partial charge in [0.1, 0.15) is 5.75 Å². The Balaban J connectivity index is 2.14. The van der Waals surface area contributed by atoms with Gasteiger partial charge in [0.2, 0.25) is 5.91 Å². The van der Waals surface area contributed by atoms with E-state index < -0.39 is 0 Å². The number of amides is 1. The van der Waals surface area contributed by atoms with Crippen molar-refractivity contribution in [2.45, 2.75) is 12.8 Å². The largest absolute Gasteiger partial charge is 0.508 e. The SMILES string of the molecule is C=CCNC(=O)CCc1cccc2ccc(O)cc12. The third kappa shape index (κ3) is 3.35. The lowest BCUT2D eigenvalue weighted by Gasteiger charge is -2.07. The van der Waals surface area contributed by atoms with Gasteiger partial charge in [-0.2, -0.15) is 0 Å². The van der Waals surface area contributed by atoms with Crippen LogP contribution in [-0.4, -0.2) is 17.6 Å². The highest BCUT2D eigenvalue weighted by atomic mass is 16.3. The lowest BCUT2D eigenvalue weighted by Crippen LogP contribution is -2.23. The van der Waals surface area contributed by atoms with Crippen LogP contribution in [0.1, 0.15) is 12.0 Å². The molecule has 0 aliphatic heterocycles. The number of rotatable bonds is 5. The molecular weight excluding hydrogens is 238 g/mol. The Bertz CT molecular complexity index is 605. The summed E-state index contributed by atoms with van der Waals surface area (Å²) in [5.41, 5.74) is 1.07. The van der Waals surface area contributed by atoms with E-state index in [1.165, 1.54) is 0 Å². The fourth-order valence-corrected chi connectivity index (χ4v) is 2.07. The molecule has 2 rings (SSSR count).